The van der Waals surface area contributed by atoms with E-state index in [-0.39, 0.29) is 35.4 Å². The molecule has 0 spiro atoms. The number of ether oxygens (including phenoxy) is 1. The van der Waals surface area contributed by atoms with Gasteiger partial charge in [0.1, 0.15) is 0 Å². The van der Waals surface area contributed by atoms with Crippen molar-refractivity contribution >= 4 is 53.1 Å². The number of halogens is 3. The molecule has 0 aliphatic carbocycles. The molecule has 0 bridgehead atoms. The summed E-state index contributed by atoms with van der Waals surface area (Å²) in [6.07, 6.45) is 0.929. The Morgan fingerprint density at radius 3 is 2.61 bits per heavy atom. The minimum atomic E-state index is -0.0457. The fourth-order valence-corrected chi connectivity index (χ4v) is 2.53. The standard InChI is InChI=1S/C16H25Cl2N3O.HI/c1-11(13-6-5-12(17)9-14(13)18)21-15(19)20-10-16(2,3)7-8-22-4;/h5-6,9,11H,7-8,10H2,1-4H3,(H3,19,20,21);1H. The predicted octanol–water partition coefficient (Wildman–Crippen LogP) is 4.64. The van der Waals surface area contributed by atoms with Crippen LogP contribution in [0.3, 0.4) is 0 Å². The van der Waals surface area contributed by atoms with E-state index in [1.807, 2.05) is 19.1 Å². The lowest BCUT2D eigenvalue weighted by Crippen LogP contribution is -2.35. The van der Waals surface area contributed by atoms with Crippen LogP contribution < -0.4 is 11.1 Å². The van der Waals surface area contributed by atoms with E-state index in [0.717, 1.165) is 12.0 Å². The Labute approximate surface area is 166 Å². The SMILES string of the molecule is COCCC(C)(C)CN=C(N)NC(C)c1ccc(Cl)cc1Cl.I. The lowest BCUT2D eigenvalue weighted by Gasteiger charge is -2.22. The molecule has 4 nitrogen and oxygen atoms in total. The number of rotatable bonds is 7. The number of methoxy groups -OCH3 is 1. The Kier molecular flexibility index (Phi) is 10.5. The number of benzene rings is 1. The van der Waals surface area contributed by atoms with Crippen LogP contribution in [0.5, 0.6) is 0 Å². The highest BCUT2D eigenvalue weighted by Crippen LogP contribution is 2.26. The summed E-state index contributed by atoms with van der Waals surface area (Å²) >= 11 is 12.1. The van der Waals surface area contributed by atoms with Crippen molar-refractivity contribution in [3.05, 3.63) is 33.8 Å². The second-order valence-electron chi connectivity index (χ2n) is 6.14. The van der Waals surface area contributed by atoms with Crippen molar-refractivity contribution < 1.29 is 4.74 Å². The van der Waals surface area contributed by atoms with Crippen molar-refractivity contribution in [2.45, 2.75) is 33.2 Å². The van der Waals surface area contributed by atoms with Crippen molar-refractivity contribution in [2.24, 2.45) is 16.1 Å². The number of guanidine groups is 1. The average Bonchev–Trinajstić information content (AvgIpc) is 2.43. The molecule has 0 amide bonds. The van der Waals surface area contributed by atoms with Crippen LogP contribution >= 0.6 is 47.2 Å². The molecule has 132 valence electrons. The van der Waals surface area contributed by atoms with E-state index in [2.05, 4.69) is 24.2 Å². The van der Waals surface area contributed by atoms with E-state index in [9.17, 15) is 0 Å². The van der Waals surface area contributed by atoms with E-state index in [4.69, 9.17) is 33.7 Å². The second-order valence-corrected chi connectivity index (χ2v) is 6.98. The summed E-state index contributed by atoms with van der Waals surface area (Å²) in [5.74, 6) is 0.406. The maximum absolute atomic E-state index is 6.20. The van der Waals surface area contributed by atoms with Crippen molar-refractivity contribution in [1.29, 1.82) is 0 Å². The van der Waals surface area contributed by atoms with Gasteiger partial charge in [-0.1, -0.05) is 43.1 Å². The summed E-state index contributed by atoms with van der Waals surface area (Å²) in [4.78, 5) is 4.42. The zero-order valence-electron chi connectivity index (χ0n) is 14.0. The largest absolute Gasteiger partial charge is 0.385 e. The highest BCUT2D eigenvalue weighted by molar-refractivity contribution is 14.0. The maximum atomic E-state index is 6.20. The van der Waals surface area contributed by atoms with Gasteiger partial charge in [0.2, 0.25) is 0 Å². The highest BCUT2D eigenvalue weighted by atomic mass is 127. The normalized spacial score (nSPS) is 13.4. The van der Waals surface area contributed by atoms with Crippen molar-refractivity contribution in [3.8, 4) is 0 Å². The zero-order chi connectivity index (χ0) is 16.8. The molecule has 1 atom stereocenters. The van der Waals surface area contributed by atoms with Crippen molar-refractivity contribution in [1.82, 2.24) is 5.32 Å². The maximum Gasteiger partial charge on any atom is 0.189 e. The van der Waals surface area contributed by atoms with E-state index < -0.39 is 0 Å². The van der Waals surface area contributed by atoms with E-state index >= 15 is 0 Å². The van der Waals surface area contributed by atoms with Gasteiger partial charge in [-0.2, -0.15) is 0 Å². The molecule has 0 aliphatic rings. The zero-order valence-corrected chi connectivity index (χ0v) is 17.9. The summed E-state index contributed by atoms with van der Waals surface area (Å²) in [5, 5.41) is 4.38. The summed E-state index contributed by atoms with van der Waals surface area (Å²) in [6, 6.07) is 5.37. The van der Waals surface area contributed by atoms with Gasteiger partial charge in [-0.05, 0) is 36.5 Å². The number of hydrogen-bond donors (Lipinski definition) is 2. The van der Waals surface area contributed by atoms with Crippen LogP contribution in [0.2, 0.25) is 10.0 Å². The van der Waals surface area contributed by atoms with Gasteiger partial charge in [0.25, 0.3) is 0 Å². The van der Waals surface area contributed by atoms with Crippen LogP contribution in [0.25, 0.3) is 0 Å². The molecule has 0 fully saturated rings. The molecule has 0 radical (unpaired) electrons. The Balaban J connectivity index is 0.00000484. The molecule has 3 N–H and O–H groups in total. The third kappa shape index (κ3) is 8.42. The summed E-state index contributed by atoms with van der Waals surface area (Å²) in [5.41, 5.74) is 6.94. The minimum Gasteiger partial charge on any atom is -0.385 e. The number of hydrogen-bond acceptors (Lipinski definition) is 2. The summed E-state index contributed by atoms with van der Waals surface area (Å²) in [6.45, 7) is 7.61. The number of nitrogens with zero attached hydrogens (tertiary/aromatic N) is 1. The van der Waals surface area contributed by atoms with Gasteiger partial charge >= 0.3 is 0 Å². The first-order valence-corrected chi connectivity index (χ1v) is 8.01. The smallest absolute Gasteiger partial charge is 0.189 e. The molecule has 1 unspecified atom stereocenters. The molecule has 23 heavy (non-hydrogen) atoms. The summed E-state index contributed by atoms with van der Waals surface area (Å²) in [7, 11) is 1.70. The first-order chi connectivity index (χ1) is 10.2. The molecule has 0 aromatic heterocycles. The first kappa shape index (κ1) is 22.8. The van der Waals surface area contributed by atoms with Crippen LogP contribution in [-0.4, -0.2) is 26.2 Å². The number of nitrogens with two attached hydrogens (primary N) is 1. The van der Waals surface area contributed by atoms with E-state index in [0.29, 0.717) is 29.2 Å². The first-order valence-electron chi connectivity index (χ1n) is 7.25. The van der Waals surface area contributed by atoms with Crippen molar-refractivity contribution in [2.75, 3.05) is 20.3 Å². The Morgan fingerprint density at radius 2 is 2.04 bits per heavy atom. The van der Waals surface area contributed by atoms with Gasteiger partial charge < -0.3 is 15.8 Å². The molecule has 0 aliphatic heterocycles. The summed E-state index contributed by atoms with van der Waals surface area (Å²) < 4.78 is 5.11. The predicted molar refractivity (Wildman–Crippen MR) is 110 cm³/mol. The lowest BCUT2D eigenvalue weighted by atomic mass is 9.90. The number of aliphatic imine (C=N–C) groups is 1. The van der Waals surface area contributed by atoms with Gasteiger partial charge in [-0.15, -0.1) is 24.0 Å². The Bertz CT molecular complexity index is 524. The van der Waals surface area contributed by atoms with E-state index in [1.54, 1.807) is 13.2 Å². The van der Waals surface area contributed by atoms with Crippen molar-refractivity contribution in [3.63, 3.8) is 0 Å². The molecule has 0 heterocycles. The minimum absolute atomic E-state index is 0. The highest BCUT2D eigenvalue weighted by Gasteiger charge is 2.17. The molecule has 1 aromatic rings. The molecular weight excluding hydrogens is 448 g/mol. The molecule has 0 saturated carbocycles. The van der Waals surface area contributed by atoms with Crippen LogP contribution in [0.4, 0.5) is 0 Å². The van der Waals surface area contributed by atoms with Gasteiger partial charge in [0.15, 0.2) is 5.96 Å². The van der Waals surface area contributed by atoms with Crippen LogP contribution in [-0.2, 0) is 4.74 Å². The van der Waals surface area contributed by atoms with E-state index in [1.165, 1.54) is 0 Å². The van der Waals surface area contributed by atoms with Crippen LogP contribution in [0, 0.1) is 5.41 Å². The molecular formula is C16H26Cl2IN3O. The molecule has 1 aromatic carbocycles. The third-order valence-electron chi connectivity index (χ3n) is 3.45. The molecule has 0 saturated heterocycles. The quantitative estimate of drug-likeness (QED) is 0.344. The van der Waals surface area contributed by atoms with Gasteiger partial charge in [-0.3, -0.25) is 4.99 Å². The fraction of sp³-hybridized carbons (Fsp3) is 0.562. The van der Waals surface area contributed by atoms with Crippen LogP contribution in [0.1, 0.15) is 38.8 Å². The topological polar surface area (TPSA) is 59.6 Å². The van der Waals surface area contributed by atoms with Gasteiger partial charge in [-0.25, -0.2) is 0 Å². The fourth-order valence-electron chi connectivity index (χ4n) is 1.95. The second kappa shape index (κ2) is 10.6. The Morgan fingerprint density at radius 1 is 1.39 bits per heavy atom. The lowest BCUT2D eigenvalue weighted by molar-refractivity contribution is 0.155. The molecule has 1 rings (SSSR count). The number of nitrogens with one attached hydrogen (secondary N) is 1. The average molecular weight is 474 g/mol. The monoisotopic (exact) mass is 473 g/mol. The Hall–Kier alpha value is -0.240. The van der Waals surface area contributed by atoms with Crippen LogP contribution in [0.15, 0.2) is 23.2 Å². The van der Waals surface area contributed by atoms with Gasteiger partial charge in [0.05, 0.1) is 6.04 Å². The molecule has 7 heteroatoms. The van der Waals surface area contributed by atoms with Gasteiger partial charge in [0, 0.05) is 30.3 Å². The third-order valence-corrected chi connectivity index (χ3v) is 4.02.